The van der Waals surface area contributed by atoms with Crippen LogP contribution >= 0.6 is 0 Å². The number of hydrogen-bond donors (Lipinski definition) is 1. The Balaban J connectivity index is 2.45. The van der Waals surface area contributed by atoms with Crippen LogP contribution < -0.4 is 5.73 Å². The maximum absolute atomic E-state index is 6.01. The van der Waals surface area contributed by atoms with Gasteiger partial charge in [0.1, 0.15) is 0 Å². The lowest BCUT2D eigenvalue weighted by molar-refractivity contribution is 0.189. The molecule has 0 spiro atoms. The molecule has 1 aliphatic rings. The first-order chi connectivity index (χ1) is 6.06. The normalized spacial score (nSPS) is 34.8. The van der Waals surface area contributed by atoms with E-state index in [2.05, 4.69) is 32.6 Å². The number of rotatable bonds is 3. The molecule has 0 aromatic rings. The maximum Gasteiger partial charge on any atom is 0.0206 e. The smallest absolute Gasteiger partial charge is 0.0206 e. The second-order valence-corrected chi connectivity index (χ2v) is 4.72. The first-order valence-electron chi connectivity index (χ1n) is 5.55. The van der Waals surface area contributed by atoms with E-state index in [1.165, 1.54) is 13.0 Å². The number of nitrogens with two attached hydrogens (primary N) is 1. The highest BCUT2D eigenvalue weighted by molar-refractivity contribution is 4.87. The zero-order chi connectivity index (χ0) is 10.0. The summed E-state index contributed by atoms with van der Waals surface area (Å²) in [7, 11) is 0. The maximum atomic E-state index is 6.01. The van der Waals surface area contributed by atoms with Crippen molar-refractivity contribution in [2.45, 2.75) is 46.2 Å². The van der Waals surface area contributed by atoms with Crippen LogP contribution in [0.5, 0.6) is 0 Å². The minimum atomic E-state index is 0.395. The van der Waals surface area contributed by atoms with Crippen molar-refractivity contribution in [3.63, 3.8) is 0 Å². The van der Waals surface area contributed by atoms with Crippen molar-refractivity contribution in [2.75, 3.05) is 13.1 Å². The lowest BCUT2D eigenvalue weighted by atomic mass is 10.00. The fourth-order valence-corrected chi connectivity index (χ4v) is 2.06. The fourth-order valence-electron chi connectivity index (χ4n) is 2.06. The zero-order valence-corrected chi connectivity index (χ0v) is 9.46. The summed E-state index contributed by atoms with van der Waals surface area (Å²) in [4.78, 5) is 2.55. The molecule has 0 amide bonds. The van der Waals surface area contributed by atoms with E-state index in [4.69, 9.17) is 5.73 Å². The first kappa shape index (κ1) is 11.0. The van der Waals surface area contributed by atoms with Gasteiger partial charge in [0.25, 0.3) is 0 Å². The second-order valence-electron chi connectivity index (χ2n) is 4.72. The van der Waals surface area contributed by atoms with Crippen molar-refractivity contribution in [3.05, 3.63) is 0 Å². The first-order valence-corrected chi connectivity index (χ1v) is 5.55. The average Bonchev–Trinajstić information content (AvgIpc) is 2.44. The third-order valence-electron chi connectivity index (χ3n) is 3.74. The summed E-state index contributed by atoms with van der Waals surface area (Å²) in [5.74, 6) is 1.46. The van der Waals surface area contributed by atoms with Crippen LogP contribution in [-0.2, 0) is 0 Å². The quantitative estimate of drug-likeness (QED) is 0.723. The van der Waals surface area contributed by atoms with Crippen LogP contribution in [0.1, 0.15) is 34.1 Å². The molecule has 2 N–H and O–H groups in total. The Labute approximate surface area is 82.5 Å². The molecule has 1 saturated heterocycles. The molecule has 0 aliphatic carbocycles. The summed E-state index contributed by atoms with van der Waals surface area (Å²) in [5, 5.41) is 0. The molecule has 1 rings (SSSR count). The molecule has 4 unspecified atom stereocenters. The minimum Gasteiger partial charge on any atom is -0.326 e. The van der Waals surface area contributed by atoms with Gasteiger partial charge in [-0.25, -0.2) is 0 Å². The minimum absolute atomic E-state index is 0.395. The highest BCUT2D eigenvalue weighted by Crippen LogP contribution is 2.22. The van der Waals surface area contributed by atoms with Crippen LogP contribution in [-0.4, -0.2) is 30.1 Å². The van der Waals surface area contributed by atoms with Crippen molar-refractivity contribution in [2.24, 2.45) is 17.6 Å². The highest BCUT2D eigenvalue weighted by Gasteiger charge is 2.30. The lowest BCUT2D eigenvalue weighted by Gasteiger charge is -2.28. The van der Waals surface area contributed by atoms with Gasteiger partial charge in [-0.2, -0.15) is 0 Å². The molecule has 78 valence electrons. The molecule has 1 aliphatic heterocycles. The van der Waals surface area contributed by atoms with Gasteiger partial charge in [0, 0.05) is 25.2 Å². The monoisotopic (exact) mass is 184 g/mol. The second kappa shape index (κ2) is 4.43. The van der Waals surface area contributed by atoms with Crippen molar-refractivity contribution >= 4 is 0 Å². The van der Waals surface area contributed by atoms with Gasteiger partial charge < -0.3 is 5.73 Å². The standard InChI is InChI=1S/C11H24N2/c1-5-8(2)10(4)13-6-9(3)11(12)7-13/h8-11H,5-7,12H2,1-4H3. The third kappa shape index (κ3) is 2.44. The molecule has 0 aromatic carbocycles. The van der Waals surface area contributed by atoms with Crippen LogP contribution in [0.2, 0.25) is 0 Å². The lowest BCUT2D eigenvalue weighted by Crippen LogP contribution is -2.37. The van der Waals surface area contributed by atoms with E-state index in [1.54, 1.807) is 0 Å². The van der Waals surface area contributed by atoms with Crippen LogP contribution in [0.25, 0.3) is 0 Å². The van der Waals surface area contributed by atoms with Crippen LogP contribution in [0.3, 0.4) is 0 Å². The van der Waals surface area contributed by atoms with E-state index in [-0.39, 0.29) is 0 Å². The van der Waals surface area contributed by atoms with E-state index in [1.807, 2.05) is 0 Å². The molecule has 1 heterocycles. The summed E-state index contributed by atoms with van der Waals surface area (Å²) < 4.78 is 0. The summed E-state index contributed by atoms with van der Waals surface area (Å²) in [6, 6.07) is 1.09. The zero-order valence-electron chi connectivity index (χ0n) is 9.46. The third-order valence-corrected chi connectivity index (χ3v) is 3.74. The Bertz CT molecular complexity index is 148. The van der Waals surface area contributed by atoms with Crippen molar-refractivity contribution < 1.29 is 0 Å². The van der Waals surface area contributed by atoms with Gasteiger partial charge in [0.15, 0.2) is 0 Å². The topological polar surface area (TPSA) is 29.3 Å². The van der Waals surface area contributed by atoms with Gasteiger partial charge in [0.05, 0.1) is 0 Å². The Morgan fingerprint density at radius 2 is 2.00 bits per heavy atom. The van der Waals surface area contributed by atoms with Crippen LogP contribution in [0.4, 0.5) is 0 Å². The molecule has 4 atom stereocenters. The van der Waals surface area contributed by atoms with E-state index in [0.29, 0.717) is 18.0 Å². The van der Waals surface area contributed by atoms with Crippen LogP contribution in [0.15, 0.2) is 0 Å². The summed E-state index contributed by atoms with van der Waals surface area (Å²) in [6.07, 6.45) is 1.27. The van der Waals surface area contributed by atoms with Gasteiger partial charge in [-0.15, -0.1) is 0 Å². The average molecular weight is 184 g/mol. The molecular formula is C11H24N2. The van der Waals surface area contributed by atoms with Gasteiger partial charge in [-0.3, -0.25) is 4.90 Å². The predicted octanol–water partition coefficient (Wildman–Crippen LogP) is 1.70. The van der Waals surface area contributed by atoms with Crippen LogP contribution in [0, 0.1) is 11.8 Å². The Hall–Kier alpha value is -0.0800. The van der Waals surface area contributed by atoms with E-state index < -0.39 is 0 Å². The van der Waals surface area contributed by atoms with Crippen molar-refractivity contribution in [1.82, 2.24) is 4.90 Å². The van der Waals surface area contributed by atoms with E-state index >= 15 is 0 Å². The van der Waals surface area contributed by atoms with Crippen molar-refractivity contribution in [1.29, 1.82) is 0 Å². The predicted molar refractivity (Wildman–Crippen MR) is 57.6 cm³/mol. The molecule has 2 nitrogen and oxygen atoms in total. The number of hydrogen-bond acceptors (Lipinski definition) is 2. The number of likely N-dealkylation sites (tertiary alicyclic amines) is 1. The highest BCUT2D eigenvalue weighted by atomic mass is 15.2. The summed E-state index contributed by atoms with van der Waals surface area (Å²) in [5.41, 5.74) is 6.01. The van der Waals surface area contributed by atoms with Gasteiger partial charge in [0.2, 0.25) is 0 Å². The molecule has 0 aromatic heterocycles. The Kier molecular flexibility index (Phi) is 3.74. The molecule has 0 bridgehead atoms. The van der Waals surface area contributed by atoms with Crippen molar-refractivity contribution in [3.8, 4) is 0 Å². The Morgan fingerprint density at radius 3 is 2.38 bits per heavy atom. The molecule has 2 heteroatoms. The van der Waals surface area contributed by atoms with Gasteiger partial charge in [-0.05, 0) is 18.8 Å². The largest absolute Gasteiger partial charge is 0.326 e. The van der Waals surface area contributed by atoms with Gasteiger partial charge in [-0.1, -0.05) is 27.2 Å². The van der Waals surface area contributed by atoms with Gasteiger partial charge >= 0.3 is 0 Å². The molecule has 13 heavy (non-hydrogen) atoms. The van der Waals surface area contributed by atoms with E-state index in [9.17, 15) is 0 Å². The SMILES string of the molecule is CCC(C)C(C)N1CC(C)C(N)C1. The summed E-state index contributed by atoms with van der Waals surface area (Å²) in [6.45, 7) is 11.5. The Morgan fingerprint density at radius 1 is 1.38 bits per heavy atom. The summed E-state index contributed by atoms with van der Waals surface area (Å²) >= 11 is 0. The fraction of sp³-hybridized carbons (Fsp3) is 1.00. The molecule has 0 radical (unpaired) electrons. The molecular weight excluding hydrogens is 160 g/mol. The van der Waals surface area contributed by atoms with E-state index in [0.717, 1.165) is 12.5 Å². The molecule has 0 saturated carbocycles. The molecule has 1 fully saturated rings. The number of nitrogens with zero attached hydrogens (tertiary/aromatic N) is 1.